The van der Waals surface area contributed by atoms with Crippen molar-refractivity contribution in [2.75, 3.05) is 33.4 Å². The summed E-state index contributed by atoms with van der Waals surface area (Å²) in [6, 6.07) is 9.05. The molecule has 1 fully saturated rings. The maximum absolute atomic E-state index is 5.43. The van der Waals surface area contributed by atoms with Crippen LogP contribution in [0.25, 0.3) is 0 Å². The van der Waals surface area contributed by atoms with E-state index in [9.17, 15) is 0 Å². The highest BCUT2D eigenvalue weighted by molar-refractivity contribution is 14.0. The fraction of sp³-hybridized carbons (Fsp3) is 0.611. The number of hydrogen-bond donors (Lipinski definition) is 2. The normalized spacial score (nSPS) is 17.0. The van der Waals surface area contributed by atoms with Gasteiger partial charge in [-0.1, -0.05) is 31.2 Å². The topological polar surface area (TPSA) is 48.9 Å². The first-order valence-electron chi connectivity index (χ1n) is 8.57. The van der Waals surface area contributed by atoms with Crippen LogP contribution in [0.2, 0.25) is 0 Å². The Morgan fingerprint density at radius 2 is 1.92 bits per heavy atom. The number of benzene rings is 1. The summed E-state index contributed by atoms with van der Waals surface area (Å²) < 4.78 is 5.43. The van der Waals surface area contributed by atoms with Gasteiger partial charge in [0.15, 0.2) is 5.96 Å². The molecule has 5 nitrogen and oxygen atoms in total. The molecule has 1 atom stereocenters. The third kappa shape index (κ3) is 6.94. The van der Waals surface area contributed by atoms with Crippen molar-refractivity contribution in [2.45, 2.75) is 39.4 Å². The smallest absolute Gasteiger partial charge is 0.191 e. The molecule has 0 bridgehead atoms. The van der Waals surface area contributed by atoms with Gasteiger partial charge in [-0.2, -0.15) is 0 Å². The van der Waals surface area contributed by atoms with Gasteiger partial charge < -0.3 is 15.4 Å². The predicted octanol–water partition coefficient (Wildman–Crippen LogP) is 2.60. The lowest BCUT2D eigenvalue weighted by Gasteiger charge is -2.27. The van der Waals surface area contributed by atoms with E-state index in [1.807, 2.05) is 7.05 Å². The fourth-order valence-electron chi connectivity index (χ4n) is 2.59. The van der Waals surface area contributed by atoms with E-state index in [-0.39, 0.29) is 24.0 Å². The quantitative estimate of drug-likeness (QED) is 0.401. The molecule has 0 spiro atoms. The highest BCUT2D eigenvalue weighted by atomic mass is 127. The van der Waals surface area contributed by atoms with Crippen molar-refractivity contribution in [3.8, 4) is 0 Å². The number of morpholine rings is 1. The van der Waals surface area contributed by atoms with Gasteiger partial charge in [0.2, 0.25) is 0 Å². The van der Waals surface area contributed by atoms with Gasteiger partial charge in [-0.25, -0.2) is 0 Å². The molecule has 1 heterocycles. The predicted molar refractivity (Wildman–Crippen MR) is 111 cm³/mol. The minimum Gasteiger partial charge on any atom is -0.379 e. The number of hydrogen-bond acceptors (Lipinski definition) is 3. The molecule has 2 rings (SSSR count). The van der Waals surface area contributed by atoms with Crippen LogP contribution in [0, 0.1) is 0 Å². The molecule has 1 aliphatic rings. The zero-order valence-corrected chi connectivity index (χ0v) is 17.4. The standard InChI is InChI=1S/C18H30N4O.HI/c1-4-15(2)21-18(19-3)20-13-16-7-5-6-8-17(16)14-22-9-11-23-12-10-22;/h5-8,15H,4,9-14H2,1-3H3,(H2,19,20,21);1H. The average molecular weight is 446 g/mol. The molecule has 1 aromatic carbocycles. The van der Waals surface area contributed by atoms with E-state index in [0.29, 0.717) is 6.04 Å². The first-order chi connectivity index (χ1) is 11.2. The Bertz CT molecular complexity index is 504. The van der Waals surface area contributed by atoms with Crippen LogP contribution in [0.3, 0.4) is 0 Å². The van der Waals surface area contributed by atoms with Gasteiger partial charge in [-0.05, 0) is 24.5 Å². The van der Waals surface area contributed by atoms with E-state index >= 15 is 0 Å². The highest BCUT2D eigenvalue weighted by Crippen LogP contribution is 2.13. The molecular weight excluding hydrogens is 415 g/mol. The van der Waals surface area contributed by atoms with Crippen molar-refractivity contribution < 1.29 is 4.74 Å². The fourth-order valence-corrected chi connectivity index (χ4v) is 2.59. The Balaban J connectivity index is 0.00000288. The maximum Gasteiger partial charge on any atom is 0.191 e. The molecule has 1 unspecified atom stereocenters. The first-order valence-corrected chi connectivity index (χ1v) is 8.57. The van der Waals surface area contributed by atoms with Crippen molar-refractivity contribution in [3.05, 3.63) is 35.4 Å². The molecule has 0 aliphatic carbocycles. The zero-order chi connectivity index (χ0) is 16.5. The lowest BCUT2D eigenvalue weighted by Crippen LogP contribution is -2.41. The maximum atomic E-state index is 5.43. The molecule has 6 heteroatoms. The molecule has 0 radical (unpaired) electrons. The highest BCUT2D eigenvalue weighted by Gasteiger charge is 2.13. The van der Waals surface area contributed by atoms with E-state index in [1.165, 1.54) is 11.1 Å². The minimum absolute atomic E-state index is 0. The van der Waals surface area contributed by atoms with E-state index in [0.717, 1.165) is 51.8 Å². The van der Waals surface area contributed by atoms with E-state index in [4.69, 9.17) is 4.74 Å². The lowest BCUT2D eigenvalue weighted by atomic mass is 10.1. The van der Waals surface area contributed by atoms with Gasteiger partial charge in [0.25, 0.3) is 0 Å². The molecule has 0 saturated carbocycles. The minimum atomic E-state index is 0. The van der Waals surface area contributed by atoms with Crippen LogP contribution in [-0.2, 0) is 17.8 Å². The molecule has 1 aromatic rings. The Morgan fingerprint density at radius 1 is 1.25 bits per heavy atom. The van der Waals surface area contributed by atoms with E-state index in [1.54, 1.807) is 0 Å². The number of ether oxygens (including phenoxy) is 1. The van der Waals surface area contributed by atoms with Crippen LogP contribution in [0.1, 0.15) is 31.4 Å². The number of guanidine groups is 1. The Morgan fingerprint density at radius 3 is 2.54 bits per heavy atom. The largest absolute Gasteiger partial charge is 0.379 e. The molecule has 0 aromatic heterocycles. The summed E-state index contributed by atoms with van der Waals surface area (Å²) in [5.41, 5.74) is 2.70. The van der Waals surface area contributed by atoms with Crippen LogP contribution in [-0.4, -0.2) is 50.3 Å². The summed E-state index contributed by atoms with van der Waals surface area (Å²) in [6.07, 6.45) is 1.08. The molecule has 1 aliphatic heterocycles. The number of halogens is 1. The van der Waals surface area contributed by atoms with Gasteiger partial charge in [-0.3, -0.25) is 9.89 Å². The second kappa shape index (κ2) is 11.7. The summed E-state index contributed by atoms with van der Waals surface area (Å²) in [4.78, 5) is 6.76. The molecule has 24 heavy (non-hydrogen) atoms. The summed E-state index contributed by atoms with van der Waals surface area (Å²) in [6.45, 7) is 9.81. The Labute approximate surface area is 163 Å². The van der Waals surface area contributed by atoms with E-state index in [2.05, 4.69) is 58.6 Å². The van der Waals surface area contributed by atoms with Crippen LogP contribution >= 0.6 is 24.0 Å². The van der Waals surface area contributed by atoms with Crippen molar-refractivity contribution in [1.82, 2.24) is 15.5 Å². The summed E-state index contributed by atoms with van der Waals surface area (Å²) in [7, 11) is 1.82. The lowest BCUT2D eigenvalue weighted by molar-refractivity contribution is 0.0341. The number of rotatable bonds is 6. The van der Waals surface area contributed by atoms with Gasteiger partial charge in [0.1, 0.15) is 0 Å². The van der Waals surface area contributed by atoms with Crippen LogP contribution in [0.15, 0.2) is 29.3 Å². The molecular formula is C18H31IN4O. The number of nitrogens with zero attached hydrogens (tertiary/aromatic N) is 2. The summed E-state index contributed by atoms with van der Waals surface area (Å²) in [5, 5.41) is 6.82. The van der Waals surface area contributed by atoms with Crippen LogP contribution < -0.4 is 10.6 Å². The molecule has 2 N–H and O–H groups in total. The van der Waals surface area contributed by atoms with Gasteiger partial charge in [-0.15, -0.1) is 24.0 Å². The SMILES string of the molecule is CCC(C)NC(=NC)NCc1ccccc1CN1CCOCC1.I. The van der Waals surface area contributed by atoms with Crippen LogP contribution in [0.4, 0.5) is 0 Å². The zero-order valence-electron chi connectivity index (χ0n) is 15.0. The third-order valence-corrected chi connectivity index (χ3v) is 4.28. The number of aliphatic imine (C=N–C) groups is 1. The average Bonchev–Trinajstić information content (AvgIpc) is 2.60. The second-order valence-electron chi connectivity index (χ2n) is 6.04. The molecule has 1 saturated heterocycles. The summed E-state index contributed by atoms with van der Waals surface area (Å²) >= 11 is 0. The van der Waals surface area contributed by atoms with Crippen molar-refractivity contribution in [2.24, 2.45) is 4.99 Å². The molecule has 136 valence electrons. The van der Waals surface area contributed by atoms with Gasteiger partial charge in [0, 0.05) is 39.3 Å². The van der Waals surface area contributed by atoms with Crippen LogP contribution in [0.5, 0.6) is 0 Å². The second-order valence-corrected chi connectivity index (χ2v) is 6.04. The third-order valence-electron chi connectivity index (χ3n) is 4.28. The van der Waals surface area contributed by atoms with Crippen molar-refractivity contribution in [3.63, 3.8) is 0 Å². The Hall–Kier alpha value is -0.860. The van der Waals surface area contributed by atoms with Gasteiger partial charge >= 0.3 is 0 Å². The summed E-state index contributed by atoms with van der Waals surface area (Å²) in [5.74, 6) is 0.862. The number of nitrogens with one attached hydrogen (secondary N) is 2. The monoisotopic (exact) mass is 446 g/mol. The molecule has 0 amide bonds. The first kappa shape index (κ1) is 21.2. The Kier molecular flexibility index (Phi) is 10.3. The van der Waals surface area contributed by atoms with E-state index < -0.39 is 0 Å². The van der Waals surface area contributed by atoms with Gasteiger partial charge in [0.05, 0.1) is 13.2 Å². The van der Waals surface area contributed by atoms with Crippen molar-refractivity contribution in [1.29, 1.82) is 0 Å². The van der Waals surface area contributed by atoms with Crippen molar-refractivity contribution >= 4 is 29.9 Å².